The minimum absolute atomic E-state index is 0.0926. The van der Waals surface area contributed by atoms with E-state index in [1.807, 2.05) is 0 Å². The van der Waals surface area contributed by atoms with Gasteiger partial charge in [0.05, 0.1) is 11.6 Å². The zero-order valence-corrected chi connectivity index (χ0v) is 13.9. The van der Waals surface area contributed by atoms with Crippen molar-refractivity contribution in [2.75, 3.05) is 13.6 Å². The zero-order chi connectivity index (χ0) is 17.0. The van der Waals surface area contributed by atoms with E-state index in [4.69, 9.17) is 0 Å². The molecule has 0 saturated carbocycles. The molecule has 2 rings (SSSR count). The normalized spacial score (nSPS) is 18.4. The highest BCUT2D eigenvalue weighted by molar-refractivity contribution is 5.95. The van der Waals surface area contributed by atoms with E-state index in [0.29, 0.717) is 12.1 Å². The van der Waals surface area contributed by atoms with Crippen molar-refractivity contribution in [3.8, 4) is 0 Å². The Kier molecular flexibility index (Phi) is 5.21. The smallest absolute Gasteiger partial charge is 0.251 e. The molecule has 23 heavy (non-hydrogen) atoms. The van der Waals surface area contributed by atoms with Crippen LogP contribution in [0.15, 0.2) is 30.3 Å². The molecule has 5 heteroatoms. The van der Waals surface area contributed by atoms with Crippen LogP contribution in [0.1, 0.15) is 42.6 Å². The van der Waals surface area contributed by atoms with Crippen molar-refractivity contribution in [1.82, 2.24) is 10.2 Å². The second-order valence-electron chi connectivity index (χ2n) is 6.38. The molecule has 0 aliphatic carbocycles. The molecule has 1 aliphatic heterocycles. The number of aliphatic hydroxyl groups is 1. The predicted molar refractivity (Wildman–Crippen MR) is 89.9 cm³/mol. The van der Waals surface area contributed by atoms with Crippen LogP contribution in [0.25, 0.3) is 6.08 Å². The molecule has 1 saturated heterocycles. The Morgan fingerprint density at radius 3 is 2.52 bits per heavy atom. The first kappa shape index (κ1) is 17.2. The van der Waals surface area contributed by atoms with Crippen LogP contribution in [0.4, 0.5) is 0 Å². The largest absolute Gasteiger partial charge is 0.388 e. The van der Waals surface area contributed by atoms with Crippen LogP contribution >= 0.6 is 0 Å². The summed E-state index contributed by atoms with van der Waals surface area (Å²) in [5.74, 6) is -0.230. The third-order valence-electron chi connectivity index (χ3n) is 4.17. The number of nitrogens with one attached hydrogen (secondary N) is 1. The minimum atomic E-state index is -0.894. The van der Waals surface area contributed by atoms with Crippen molar-refractivity contribution >= 4 is 17.9 Å². The summed E-state index contributed by atoms with van der Waals surface area (Å²) in [6.07, 6.45) is 4.99. The maximum absolute atomic E-state index is 12.4. The molecule has 1 aromatic carbocycles. The van der Waals surface area contributed by atoms with Gasteiger partial charge in [-0.3, -0.25) is 9.59 Å². The van der Waals surface area contributed by atoms with E-state index in [0.717, 1.165) is 18.4 Å². The average Bonchev–Trinajstić information content (AvgIpc) is 3.02. The zero-order valence-electron chi connectivity index (χ0n) is 13.9. The standard InChI is InChI=1S/C18H24N2O3/c1-18(2,23)15-5-4-12-20(15)16(21)11-8-13-6-9-14(10-7-13)17(22)19-3/h6-11,15,23H,4-5,12H2,1-3H3,(H,19,22)/b11-8+. The van der Waals surface area contributed by atoms with E-state index in [1.54, 1.807) is 56.1 Å². The van der Waals surface area contributed by atoms with E-state index in [9.17, 15) is 14.7 Å². The molecule has 0 radical (unpaired) electrons. The molecular formula is C18H24N2O3. The van der Waals surface area contributed by atoms with Crippen molar-refractivity contribution in [3.63, 3.8) is 0 Å². The maximum atomic E-state index is 12.4. The average molecular weight is 316 g/mol. The van der Waals surface area contributed by atoms with Gasteiger partial charge in [-0.2, -0.15) is 0 Å². The number of rotatable bonds is 4. The Labute approximate surface area is 137 Å². The highest BCUT2D eigenvalue weighted by atomic mass is 16.3. The molecule has 1 atom stereocenters. The van der Waals surface area contributed by atoms with E-state index in [2.05, 4.69) is 5.32 Å². The summed E-state index contributed by atoms with van der Waals surface area (Å²) in [6, 6.07) is 6.89. The third kappa shape index (κ3) is 4.20. The highest BCUT2D eigenvalue weighted by Gasteiger charge is 2.37. The lowest BCUT2D eigenvalue weighted by Gasteiger charge is -2.33. The van der Waals surface area contributed by atoms with Crippen LogP contribution in [-0.4, -0.2) is 47.1 Å². The van der Waals surface area contributed by atoms with Gasteiger partial charge in [0.15, 0.2) is 0 Å². The molecule has 1 fully saturated rings. The number of nitrogens with zero attached hydrogens (tertiary/aromatic N) is 1. The number of hydrogen-bond acceptors (Lipinski definition) is 3. The van der Waals surface area contributed by atoms with Gasteiger partial charge >= 0.3 is 0 Å². The van der Waals surface area contributed by atoms with Gasteiger partial charge in [0.1, 0.15) is 0 Å². The second-order valence-corrected chi connectivity index (χ2v) is 6.38. The van der Waals surface area contributed by atoms with Crippen molar-refractivity contribution in [2.45, 2.75) is 38.3 Å². The highest BCUT2D eigenvalue weighted by Crippen LogP contribution is 2.27. The van der Waals surface area contributed by atoms with Gasteiger partial charge in [-0.25, -0.2) is 0 Å². The number of hydrogen-bond donors (Lipinski definition) is 2. The summed E-state index contributed by atoms with van der Waals surface area (Å²) in [6.45, 7) is 4.16. The molecule has 0 spiro atoms. The summed E-state index contributed by atoms with van der Waals surface area (Å²) in [5, 5.41) is 12.7. The lowest BCUT2D eigenvalue weighted by atomic mass is 9.96. The van der Waals surface area contributed by atoms with Crippen LogP contribution < -0.4 is 5.32 Å². The Morgan fingerprint density at radius 1 is 1.30 bits per heavy atom. The molecule has 1 aliphatic rings. The monoisotopic (exact) mass is 316 g/mol. The Hall–Kier alpha value is -2.14. The van der Waals surface area contributed by atoms with Gasteiger partial charge in [0.25, 0.3) is 5.91 Å². The van der Waals surface area contributed by atoms with Gasteiger partial charge in [-0.1, -0.05) is 12.1 Å². The van der Waals surface area contributed by atoms with E-state index in [-0.39, 0.29) is 17.9 Å². The number of amides is 2. The fraction of sp³-hybridized carbons (Fsp3) is 0.444. The number of likely N-dealkylation sites (tertiary alicyclic amines) is 1. The molecule has 0 bridgehead atoms. The molecule has 1 aromatic rings. The molecule has 2 N–H and O–H groups in total. The molecular weight excluding hydrogens is 292 g/mol. The van der Waals surface area contributed by atoms with Gasteiger partial charge in [-0.05, 0) is 50.5 Å². The topological polar surface area (TPSA) is 69.6 Å². The van der Waals surface area contributed by atoms with E-state index >= 15 is 0 Å². The first-order valence-corrected chi connectivity index (χ1v) is 7.86. The van der Waals surface area contributed by atoms with Crippen LogP contribution in [0.5, 0.6) is 0 Å². The van der Waals surface area contributed by atoms with Gasteiger partial charge < -0.3 is 15.3 Å². The molecule has 1 heterocycles. The molecule has 1 unspecified atom stereocenters. The SMILES string of the molecule is CNC(=O)c1ccc(/C=C/C(=O)N2CCCC2C(C)(C)O)cc1. The fourth-order valence-electron chi connectivity index (χ4n) is 2.92. The van der Waals surface area contributed by atoms with Crippen molar-refractivity contribution in [3.05, 3.63) is 41.5 Å². The summed E-state index contributed by atoms with van der Waals surface area (Å²) in [7, 11) is 1.59. The first-order valence-electron chi connectivity index (χ1n) is 7.86. The van der Waals surface area contributed by atoms with Gasteiger partial charge in [0.2, 0.25) is 5.91 Å². The van der Waals surface area contributed by atoms with Crippen LogP contribution in [0, 0.1) is 0 Å². The van der Waals surface area contributed by atoms with Crippen LogP contribution in [0.2, 0.25) is 0 Å². The maximum Gasteiger partial charge on any atom is 0.251 e. The fourth-order valence-corrected chi connectivity index (χ4v) is 2.92. The van der Waals surface area contributed by atoms with Crippen molar-refractivity contribution in [1.29, 1.82) is 0 Å². The van der Waals surface area contributed by atoms with E-state index in [1.165, 1.54) is 6.08 Å². The molecule has 0 aromatic heterocycles. The van der Waals surface area contributed by atoms with Gasteiger partial charge in [0, 0.05) is 25.2 Å². The van der Waals surface area contributed by atoms with Crippen molar-refractivity contribution < 1.29 is 14.7 Å². The Bertz CT molecular complexity index is 600. The van der Waals surface area contributed by atoms with Crippen LogP contribution in [-0.2, 0) is 4.79 Å². The second kappa shape index (κ2) is 6.96. The number of carbonyl (C=O) groups is 2. The first-order chi connectivity index (χ1) is 10.8. The number of carbonyl (C=O) groups excluding carboxylic acids is 2. The van der Waals surface area contributed by atoms with Crippen LogP contribution in [0.3, 0.4) is 0 Å². The molecule has 2 amide bonds. The van der Waals surface area contributed by atoms with Gasteiger partial charge in [-0.15, -0.1) is 0 Å². The summed E-state index contributed by atoms with van der Waals surface area (Å²) >= 11 is 0. The minimum Gasteiger partial charge on any atom is -0.388 e. The lowest BCUT2D eigenvalue weighted by molar-refractivity contribution is -0.131. The summed E-state index contributed by atoms with van der Waals surface area (Å²) in [5.41, 5.74) is 0.539. The summed E-state index contributed by atoms with van der Waals surface area (Å²) in [4.78, 5) is 25.6. The van der Waals surface area contributed by atoms with E-state index < -0.39 is 5.60 Å². The third-order valence-corrected chi connectivity index (χ3v) is 4.17. The molecule has 124 valence electrons. The summed E-state index contributed by atoms with van der Waals surface area (Å²) < 4.78 is 0. The Balaban J connectivity index is 2.05. The lowest BCUT2D eigenvalue weighted by Crippen LogP contribution is -2.47. The van der Waals surface area contributed by atoms with Crippen molar-refractivity contribution in [2.24, 2.45) is 0 Å². The Morgan fingerprint density at radius 2 is 1.96 bits per heavy atom. The predicted octanol–water partition coefficient (Wildman–Crippen LogP) is 1.82. The molecule has 5 nitrogen and oxygen atoms in total. The number of benzene rings is 1. The quantitative estimate of drug-likeness (QED) is 0.833.